The van der Waals surface area contributed by atoms with Crippen LogP contribution in [-0.4, -0.2) is 119 Å². The van der Waals surface area contributed by atoms with Crippen LogP contribution in [0.2, 0.25) is 0 Å². The van der Waals surface area contributed by atoms with E-state index in [0.717, 1.165) is 120 Å². The zero-order valence-corrected chi connectivity index (χ0v) is 76.5. The number of nitrogens with two attached hydrogens (primary N) is 4. The van der Waals surface area contributed by atoms with Crippen LogP contribution in [0.1, 0.15) is 169 Å². The van der Waals surface area contributed by atoms with Crippen molar-refractivity contribution in [3.05, 3.63) is 229 Å². The standard InChI is InChI=1S/C18H24F4O2S.C14H13FN2O2S.C13H11FN2O4S.C13H11FN2O2S.C11H22O2S.C7H3BrF4.C7H7BrN2O2.CH4.Li.H2O/c1-3-5-6-13(4-2)12-24-17(23)9-10-25-16-8-7-14(11-15(16)19)18(20,21)22;1-8-3-4-12(10(15)5-8)20-9-6-11(16)13(17-7-9)14(18)19-2;1-7-2-3-11(9(14)4-7)21(19,20)8-5-10(15)12(13(17)18)16-6-8;1-7-2-3-11(9(14)4-7)19-8-5-10(15)12(13(17)18)16-6-8;1-3-5-6-10(4-2)9-13-11(12)7-8-14;8-5-2-1-4(3-6(5)9)7(10,11)12;1-12-7(11)6-5(9)2-4(8)3-10-6;;;/h7-8,11,13H,3-6,9-10,12H2,1-2H3;3-7H,16H2,1-2H3;2-6H,15H2,1H3,(H,17,18);2-6H,15H2,1H3,(H,17,18);10,14H,3-9H2,1-2H3;1-3H;2-3H,9H2,1H3;1H4;;1H2/q;;;;;;;;+1;/p-1. The van der Waals surface area contributed by atoms with Gasteiger partial charge in [-0.05, 0) is 191 Å². The van der Waals surface area contributed by atoms with E-state index in [1.807, 2.05) is 13.0 Å². The van der Waals surface area contributed by atoms with E-state index >= 15 is 0 Å². The fourth-order valence-corrected chi connectivity index (χ4v) is 14.3. The maximum absolute atomic E-state index is 13.8. The van der Waals surface area contributed by atoms with E-state index < -0.39 is 85.2 Å². The monoisotopic (exact) mass is 1990 g/mol. The molecule has 5 aromatic carbocycles. The number of aromatic carboxylic acids is 2. The molecule has 42 heteroatoms. The van der Waals surface area contributed by atoms with Crippen LogP contribution in [0.3, 0.4) is 0 Å². The molecule has 4 aromatic heterocycles. The van der Waals surface area contributed by atoms with E-state index in [1.54, 1.807) is 44.2 Å². The zero-order valence-electron chi connectivity index (χ0n) is 69.2. The number of unbranched alkanes of at least 4 members (excludes halogenated alkanes) is 2. The molecule has 0 amide bonds. The minimum atomic E-state index is -4.57. The van der Waals surface area contributed by atoms with Crippen LogP contribution in [-0.2, 0) is 50.7 Å². The fraction of sp³-hybridized carbons (Fsp3) is 0.333. The molecule has 9 rings (SSSR count). The SMILES string of the molecule is C.CCCCC(CC)COC(=O)CCS.CCCCC(CC)COC(=O)CCSc1ccc(C(F)(F)F)cc1F.COC(=O)c1ncc(Br)cc1N.COC(=O)c1ncc(Sc2ccc(C)cc2F)cc1N.Cc1ccc(S(=O)(=O)c2cnc(C(=O)O)c(N)c2)c(F)c1.Cc1ccc(Sc2cnc(C(=O)O)c(N)c2)c(F)c1.Fc1cc(C(F)(F)F)ccc1Br.[Li+].[OH-]. The predicted octanol–water partition coefficient (Wildman–Crippen LogP) is 19.1. The zero-order chi connectivity index (χ0) is 92.6. The van der Waals surface area contributed by atoms with Gasteiger partial charge in [0.15, 0.2) is 22.8 Å². The van der Waals surface area contributed by atoms with Crippen molar-refractivity contribution in [1.29, 1.82) is 0 Å². The number of nitrogen functional groups attached to an aromatic ring is 4. The van der Waals surface area contributed by atoms with Gasteiger partial charge >= 0.3 is 67.0 Å². The van der Waals surface area contributed by atoms with Crippen LogP contribution in [0.5, 0.6) is 0 Å². The number of aryl methyl sites for hydroxylation is 3. The molecule has 0 aliphatic heterocycles. The van der Waals surface area contributed by atoms with E-state index in [0.29, 0.717) is 80.2 Å². The number of aromatic nitrogens is 4. The van der Waals surface area contributed by atoms with Gasteiger partial charge in [-0.3, -0.25) is 9.59 Å². The number of hydrogen-bond acceptors (Lipinski definition) is 25. The van der Waals surface area contributed by atoms with Crippen LogP contribution in [0.15, 0.2) is 183 Å². The average Bonchev–Trinajstić information content (AvgIpc) is 0.779. The van der Waals surface area contributed by atoms with Crippen molar-refractivity contribution < 1.29 is 139 Å². The molecule has 11 N–H and O–H groups in total. The number of alkyl halides is 6. The molecule has 684 valence electrons. The first-order valence-corrected chi connectivity index (χ1v) is 43.2. The Balaban J connectivity index is 0.00000146. The molecule has 0 saturated heterocycles. The summed E-state index contributed by atoms with van der Waals surface area (Å²) in [6.45, 7) is 14.7. The number of sulfone groups is 1. The fourth-order valence-electron chi connectivity index (χ4n) is 9.74. The Labute approximate surface area is 770 Å². The summed E-state index contributed by atoms with van der Waals surface area (Å²) in [6, 6.07) is 23.8. The first-order valence-electron chi connectivity index (χ1n) is 36.9. The third-order valence-electron chi connectivity index (χ3n) is 16.5. The number of anilines is 4. The minimum absolute atomic E-state index is 0. The van der Waals surface area contributed by atoms with E-state index in [9.17, 15) is 85.5 Å². The number of nitrogens with zero attached hydrogens (tertiary/aromatic N) is 4. The molecule has 0 radical (unpaired) electrons. The molecule has 126 heavy (non-hydrogen) atoms. The number of halogens is 13. The van der Waals surface area contributed by atoms with Crippen molar-refractivity contribution in [2.45, 2.75) is 167 Å². The van der Waals surface area contributed by atoms with Gasteiger partial charge in [-0.1, -0.05) is 115 Å². The summed E-state index contributed by atoms with van der Waals surface area (Å²) >= 11 is 13.3. The molecule has 0 spiro atoms. The van der Waals surface area contributed by atoms with Gasteiger partial charge in [-0.2, -0.15) is 39.0 Å². The summed E-state index contributed by atoms with van der Waals surface area (Å²) in [6.07, 6.45) is 5.47. The number of benzene rings is 5. The Morgan fingerprint density at radius 2 is 0.889 bits per heavy atom. The minimum Gasteiger partial charge on any atom is -0.870 e. The van der Waals surface area contributed by atoms with E-state index in [4.69, 9.17) is 42.6 Å². The number of ether oxygens (including phenoxy) is 4. The molecule has 0 aliphatic carbocycles. The molecule has 23 nitrogen and oxygen atoms in total. The van der Waals surface area contributed by atoms with Crippen molar-refractivity contribution in [2.24, 2.45) is 11.8 Å². The summed E-state index contributed by atoms with van der Waals surface area (Å²) in [5.41, 5.74) is 22.3. The van der Waals surface area contributed by atoms with Crippen LogP contribution >= 0.6 is 79.8 Å². The van der Waals surface area contributed by atoms with Gasteiger partial charge in [0.2, 0.25) is 9.84 Å². The number of methoxy groups -OCH3 is 2. The quantitative estimate of drug-likeness (QED) is 0.00598. The first-order chi connectivity index (χ1) is 57.8. The van der Waals surface area contributed by atoms with Crippen LogP contribution in [0.25, 0.3) is 0 Å². The van der Waals surface area contributed by atoms with Gasteiger partial charge in [-0.15, -0.1) is 11.8 Å². The average molecular weight is 1990 g/mol. The topological polar surface area (TPSA) is 400 Å². The first kappa shape index (κ1) is 117. The molecule has 0 aliphatic rings. The van der Waals surface area contributed by atoms with Crippen LogP contribution in [0.4, 0.5) is 71.0 Å². The Morgan fingerprint density at radius 1 is 0.508 bits per heavy atom. The molecular weight excluding hydrogens is 1900 g/mol. The summed E-state index contributed by atoms with van der Waals surface area (Å²) < 4.78 is 185. The van der Waals surface area contributed by atoms with Gasteiger partial charge in [0, 0.05) is 65.2 Å². The van der Waals surface area contributed by atoms with Crippen molar-refractivity contribution in [1.82, 2.24) is 19.9 Å². The molecule has 2 unspecified atom stereocenters. The van der Waals surface area contributed by atoms with E-state index in [-0.39, 0.29) is 116 Å². The Kier molecular flexibility index (Phi) is 54.1. The number of carbonyl (C=O) groups is 6. The number of hydrogen-bond donors (Lipinski definition) is 7. The molecule has 4 heterocycles. The summed E-state index contributed by atoms with van der Waals surface area (Å²) in [5.74, 6) is -5.81. The Hall–Kier alpha value is -9.18. The van der Waals surface area contributed by atoms with E-state index in [2.05, 4.69) is 102 Å². The summed E-state index contributed by atoms with van der Waals surface area (Å²) in [4.78, 5) is 83.0. The van der Waals surface area contributed by atoms with Gasteiger partial charge in [-0.25, -0.2) is 69.5 Å². The van der Waals surface area contributed by atoms with E-state index in [1.165, 1.54) is 88.1 Å². The Morgan fingerprint density at radius 3 is 1.26 bits per heavy atom. The predicted molar refractivity (Wildman–Crippen MR) is 468 cm³/mol. The van der Waals surface area contributed by atoms with Gasteiger partial charge in [0.25, 0.3) is 0 Å². The third kappa shape index (κ3) is 40.8. The maximum Gasteiger partial charge on any atom is 1.00 e. The number of carboxylic acid groups (broad SMARTS) is 2. The van der Waals surface area contributed by atoms with Gasteiger partial charge in [0.05, 0.1) is 83.5 Å². The summed E-state index contributed by atoms with van der Waals surface area (Å²) in [7, 11) is -1.62. The van der Waals surface area contributed by atoms with Crippen molar-refractivity contribution >= 4 is 148 Å². The molecule has 0 fully saturated rings. The van der Waals surface area contributed by atoms with Gasteiger partial charge in [0.1, 0.15) is 34.0 Å². The number of carbonyl (C=O) groups excluding carboxylic acids is 4. The summed E-state index contributed by atoms with van der Waals surface area (Å²) in [5, 5.41) is 17.6. The number of pyridine rings is 4. The molecule has 2 atom stereocenters. The second-order valence-corrected chi connectivity index (χ2v) is 33.6. The molecule has 9 aromatic rings. The number of thioether (sulfide) groups is 1. The normalized spacial score (nSPS) is 11.1. The second-order valence-electron chi connectivity index (χ2n) is 26.1. The van der Waals surface area contributed by atoms with Crippen molar-refractivity contribution in [2.75, 3.05) is 61.9 Å². The maximum atomic E-state index is 13.8. The second kappa shape index (κ2) is 58.3. The molecular formula is C84H96Br2F11LiN8O15S5. The Bertz CT molecular complexity index is 5160. The van der Waals surface area contributed by atoms with Crippen molar-refractivity contribution in [3.63, 3.8) is 0 Å². The molecule has 0 bridgehead atoms. The molecule has 0 saturated carbocycles. The number of esters is 4. The van der Waals surface area contributed by atoms with Crippen LogP contribution < -0.4 is 41.8 Å². The number of carboxylic acids is 2. The largest absolute Gasteiger partial charge is 1.00 e. The van der Waals surface area contributed by atoms with Gasteiger partial charge < -0.3 is 57.6 Å². The van der Waals surface area contributed by atoms with Crippen LogP contribution in [0, 0.1) is 61.7 Å². The third-order valence-corrected chi connectivity index (χ3v) is 22.6. The number of thiol groups is 1. The van der Waals surface area contributed by atoms with Crippen molar-refractivity contribution in [3.8, 4) is 0 Å². The number of rotatable bonds is 28. The smallest absolute Gasteiger partial charge is 0.870 e.